The topological polar surface area (TPSA) is 50.1 Å². The van der Waals surface area contributed by atoms with E-state index in [9.17, 15) is 0 Å². The van der Waals surface area contributed by atoms with Crippen LogP contribution < -0.4 is 10.6 Å². The lowest BCUT2D eigenvalue weighted by Gasteiger charge is -2.11. The Morgan fingerprint density at radius 1 is 1.17 bits per heavy atom. The maximum atomic E-state index is 5.22. The largest absolute Gasteiger partial charge is 0.360 e. The molecule has 2 rings (SSSR count). The Morgan fingerprint density at radius 3 is 2.56 bits per heavy atom. The summed E-state index contributed by atoms with van der Waals surface area (Å²) in [7, 11) is 0. The molecule has 0 aliphatic heterocycles. The van der Waals surface area contributed by atoms with Gasteiger partial charge in [0.2, 0.25) is 0 Å². The van der Waals surface area contributed by atoms with Crippen LogP contribution in [0.15, 0.2) is 28.8 Å². The SMILES string of the molecule is Cc1ccc(NC(=S)Nc2cc(C)on2)c(C)c1. The number of benzene rings is 1. The molecule has 0 unspecified atom stereocenters. The van der Waals surface area contributed by atoms with E-state index in [1.807, 2.05) is 26.0 Å². The highest BCUT2D eigenvalue weighted by atomic mass is 32.1. The molecule has 0 aliphatic carbocycles. The van der Waals surface area contributed by atoms with Gasteiger partial charge >= 0.3 is 0 Å². The average Bonchev–Trinajstić information content (AvgIpc) is 2.68. The van der Waals surface area contributed by atoms with Gasteiger partial charge in [0.25, 0.3) is 0 Å². The first-order valence-corrected chi connectivity index (χ1v) is 6.04. The molecule has 18 heavy (non-hydrogen) atoms. The van der Waals surface area contributed by atoms with Crippen LogP contribution in [0.3, 0.4) is 0 Å². The number of thiocarbonyl (C=S) groups is 1. The van der Waals surface area contributed by atoms with Gasteiger partial charge in [-0.1, -0.05) is 22.9 Å². The number of aromatic nitrogens is 1. The summed E-state index contributed by atoms with van der Waals surface area (Å²) in [5.74, 6) is 1.35. The summed E-state index contributed by atoms with van der Waals surface area (Å²) in [6, 6.07) is 7.94. The monoisotopic (exact) mass is 261 g/mol. The Kier molecular flexibility index (Phi) is 3.62. The predicted octanol–water partition coefficient (Wildman–Crippen LogP) is 3.41. The fraction of sp³-hybridized carbons (Fsp3) is 0.231. The van der Waals surface area contributed by atoms with E-state index in [0.29, 0.717) is 10.9 Å². The zero-order chi connectivity index (χ0) is 13.1. The third-order valence-corrected chi connectivity index (χ3v) is 2.70. The Hall–Kier alpha value is -1.88. The van der Waals surface area contributed by atoms with Crippen LogP contribution in [0, 0.1) is 20.8 Å². The number of anilines is 2. The molecule has 1 aromatic heterocycles. The van der Waals surface area contributed by atoms with Crippen LogP contribution in [0.4, 0.5) is 11.5 Å². The third kappa shape index (κ3) is 3.07. The molecular weight excluding hydrogens is 246 g/mol. The van der Waals surface area contributed by atoms with E-state index in [1.54, 1.807) is 6.07 Å². The van der Waals surface area contributed by atoms with E-state index in [-0.39, 0.29) is 0 Å². The summed E-state index contributed by atoms with van der Waals surface area (Å²) in [5, 5.41) is 10.4. The van der Waals surface area contributed by atoms with Crippen LogP contribution in [-0.4, -0.2) is 10.3 Å². The molecule has 2 aromatic rings. The number of hydrogen-bond donors (Lipinski definition) is 2. The second-order valence-corrected chi connectivity index (χ2v) is 4.63. The standard InChI is InChI=1S/C13H15N3OS/c1-8-4-5-11(9(2)6-8)14-13(18)15-12-7-10(3)17-16-12/h4-7H,1-3H3,(H2,14,15,16,18). The number of hydrogen-bond acceptors (Lipinski definition) is 3. The van der Waals surface area contributed by atoms with E-state index in [4.69, 9.17) is 16.7 Å². The number of rotatable bonds is 2. The minimum atomic E-state index is 0.496. The van der Waals surface area contributed by atoms with Crippen LogP contribution in [-0.2, 0) is 0 Å². The fourth-order valence-corrected chi connectivity index (χ4v) is 1.86. The van der Waals surface area contributed by atoms with Crippen molar-refractivity contribution in [2.24, 2.45) is 0 Å². The molecule has 1 heterocycles. The second-order valence-electron chi connectivity index (χ2n) is 4.22. The molecule has 0 saturated heterocycles. The molecule has 0 atom stereocenters. The molecule has 0 amide bonds. The van der Waals surface area contributed by atoms with Crippen molar-refractivity contribution in [2.75, 3.05) is 10.6 Å². The van der Waals surface area contributed by atoms with Crippen molar-refractivity contribution in [1.82, 2.24) is 5.16 Å². The molecule has 2 N–H and O–H groups in total. The summed E-state index contributed by atoms with van der Waals surface area (Å²) in [6.07, 6.45) is 0. The van der Waals surface area contributed by atoms with Gasteiger partial charge in [-0.05, 0) is 44.6 Å². The first-order chi connectivity index (χ1) is 8.54. The highest BCUT2D eigenvalue weighted by Crippen LogP contribution is 2.16. The van der Waals surface area contributed by atoms with Crippen LogP contribution in [0.1, 0.15) is 16.9 Å². The predicted molar refractivity (Wildman–Crippen MR) is 77.0 cm³/mol. The molecule has 0 aliphatic rings. The van der Waals surface area contributed by atoms with Gasteiger partial charge in [-0.2, -0.15) is 0 Å². The van der Waals surface area contributed by atoms with Crippen molar-refractivity contribution in [2.45, 2.75) is 20.8 Å². The van der Waals surface area contributed by atoms with Crippen LogP contribution in [0.5, 0.6) is 0 Å². The second kappa shape index (κ2) is 5.18. The summed E-state index contributed by atoms with van der Waals surface area (Å²) in [4.78, 5) is 0. The smallest absolute Gasteiger partial charge is 0.176 e. The van der Waals surface area contributed by atoms with Crippen molar-refractivity contribution in [3.05, 3.63) is 41.2 Å². The Bertz CT molecular complexity index is 577. The lowest BCUT2D eigenvalue weighted by atomic mass is 10.1. The highest BCUT2D eigenvalue weighted by molar-refractivity contribution is 7.80. The van der Waals surface area contributed by atoms with Crippen molar-refractivity contribution < 1.29 is 4.52 Å². The summed E-state index contributed by atoms with van der Waals surface area (Å²) >= 11 is 5.22. The summed E-state index contributed by atoms with van der Waals surface area (Å²) < 4.78 is 4.96. The molecule has 94 valence electrons. The van der Waals surface area contributed by atoms with Gasteiger partial charge in [0.05, 0.1) is 0 Å². The minimum Gasteiger partial charge on any atom is -0.360 e. The maximum Gasteiger partial charge on any atom is 0.176 e. The molecule has 0 fully saturated rings. The molecule has 0 bridgehead atoms. The van der Waals surface area contributed by atoms with Gasteiger partial charge in [0.1, 0.15) is 5.76 Å². The normalized spacial score (nSPS) is 10.2. The van der Waals surface area contributed by atoms with Gasteiger partial charge in [-0.25, -0.2) is 0 Å². The molecule has 0 radical (unpaired) electrons. The van der Waals surface area contributed by atoms with E-state index < -0.39 is 0 Å². The first kappa shape index (κ1) is 12.6. The zero-order valence-electron chi connectivity index (χ0n) is 10.6. The van der Waals surface area contributed by atoms with Gasteiger partial charge in [-0.3, -0.25) is 0 Å². The van der Waals surface area contributed by atoms with Crippen molar-refractivity contribution >= 4 is 28.8 Å². The Morgan fingerprint density at radius 2 is 1.94 bits per heavy atom. The molecule has 5 heteroatoms. The quantitative estimate of drug-likeness (QED) is 0.811. The summed E-state index contributed by atoms with van der Waals surface area (Å²) in [5.41, 5.74) is 3.36. The van der Waals surface area contributed by atoms with Crippen molar-refractivity contribution in [1.29, 1.82) is 0 Å². The van der Waals surface area contributed by atoms with Crippen LogP contribution >= 0.6 is 12.2 Å². The summed E-state index contributed by atoms with van der Waals surface area (Å²) in [6.45, 7) is 5.93. The third-order valence-electron chi connectivity index (χ3n) is 2.50. The molecule has 0 saturated carbocycles. The lowest BCUT2D eigenvalue weighted by molar-refractivity contribution is 0.400. The molecular formula is C13H15N3OS. The first-order valence-electron chi connectivity index (χ1n) is 5.63. The molecule has 0 spiro atoms. The van der Waals surface area contributed by atoms with Gasteiger partial charge in [0.15, 0.2) is 10.9 Å². The van der Waals surface area contributed by atoms with E-state index >= 15 is 0 Å². The minimum absolute atomic E-state index is 0.496. The molecule has 4 nitrogen and oxygen atoms in total. The lowest BCUT2D eigenvalue weighted by Crippen LogP contribution is -2.19. The zero-order valence-corrected chi connectivity index (χ0v) is 11.4. The van der Waals surface area contributed by atoms with E-state index in [1.165, 1.54) is 5.56 Å². The van der Waals surface area contributed by atoms with E-state index in [0.717, 1.165) is 17.0 Å². The van der Waals surface area contributed by atoms with Gasteiger partial charge in [-0.15, -0.1) is 0 Å². The van der Waals surface area contributed by atoms with Gasteiger partial charge in [0, 0.05) is 11.8 Å². The fourth-order valence-electron chi connectivity index (χ4n) is 1.65. The highest BCUT2D eigenvalue weighted by Gasteiger charge is 2.04. The van der Waals surface area contributed by atoms with Gasteiger partial charge < -0.3 is 15.2 Å². The Labute approximate surface area is 111 Å². The Balaban J connectivity index is 2.03. The van der Waals surface area contributed by atoms with E-state index in [2.05, 4.69) is 28.8 Å². The van der Waals surface area contributed by atoms with Crippen molar-refractivity contribution in [3.8, 4) is 0 Å². The number of aryl methyl sites for hydroxylation is 3. The number of nitrogens with one attached hydrogen (secondary N) is 2. The van der Waals surface area contributed by atoms with Crippen LogP contribution in [0.2, 0.25) is 0 Å². The maximum absolute atomic E-state index is 5.22. The average molecular weight is 261 g/mol. The van der Waals surface area contributed by atoms with Crippen molar-refractivity contribution in [3.63, 3.8) is 0 Å². The molecule has 1 aromatic carbocycles. The van der Waals surface area contributed by atoms with Crippen LogP contribution in [0.25, 0.3) is 0 Å². The number of nitrogens with zero attached hydrogens (tertiary/aromatic N) is 1.